The Morgan fingerprint density at radius 3 is 1.40 bits per heavy atom. The Morgan fingerprint density at radius 2 is 0.673 bits per heavy atom. The van der Waals surface area contributed by atoms with E-state index in [1.807, 2.05) is 0 Å². The van der Waals surface area contributed by atoms with E-state index in [9.17, 15) is 0 Å². The molecular weight excluding hydrogens is 625 g/mol. The lowest BCUT2D eigenvalue weighted by molar-refractivity contribution is 1.65. The van der Waals surface area contributed by atoms with Crippen LogP contribution >= 0.6 is 0 Å². The summed E-state index contributed by atoms with van der Waals surface area (Å²) >= 11 is 0. The summed E-state index contributed by atoms with van der Waals surface area (Å²) in [6.07, 6.45) is 0. The summed E-state index contributed by atoms with van der Waals surface area (Å²) < 4.78 is 0. The Bertz CT molecular complexity index is 3120. The SMILES string of the molecule is c1ccc(-c2c3ccccc3c(-c3ccccc3)c3c2cc2c4c(cccc43)-c3cc(-c4ccc5c6c(cccc46)-c4ccccc4-5)ccc3-2)cc1. The van der Waals surface area contributed by atoms with Gasteiger partial charge in [-0.15, -0.1) is 0 Å². The van der Waals surface area contributed by atoms with Crippen LogP contribution < -0.4 is 0 Å². The zero-order valence-corrected chi connectivity index (χ0v) is 28.3. The molecule has 0 saturated carbocycles. The van der Waals surface area contributed by atoms with Gasteiger partial charge in [-0.3, -0.25) is 0 Å². The third-order valence-corrected chi connectivity index (χ3v) is 11.7. The molecule has 10 aromatic carbocycles. The van der Waals surface area contributed by atoms with Crippen LogP contribution in [0.2, 0.25) is 0 Å². The van der Waals surface area contributed by atoms with E-state index in [4.69, 9.17) is 0 Å². The van der Waals surface area contributed by atoms with E-state index in [-0.39, 0.29) is 0 Å². The first-order valence-corrected chi connectivity index (χ1v) is 18.2. The number of hydrogen-bond donors (Lipinski definition) is 0. The molecule has 12 rings (SSSR count). The molecule has 0 radical (unpaired) electrons. The van der Waals surface area contributed by atoms with E-state index in [0.717, 1.165) is 0 Å². The van der Waals surface area contributed by atoms with Crippen molar-refractivity contribution in [1.82, 2.24) is 0 Å². The molecule has 0 fully saturated rings. The predicted molar refractivity (Wildman–Crippen MR) is 222 cm³/mol. The molecule has 0 heteroatoms. The lowest BCUT2D eigenvalue weighted by Crippen LogP contribution is -1.92. The van der Waals surface area contributed by atoms with Crippen molar-refractivity contribution in [3.8, 4) is 77.9 Å². The van der Waals surface area contributed by atoms with E-state index in [1.165, 1.54) is 121 Å². The van der Waals surface area contributed by atoms with Crippen LogP contribution in [0.1, 0.15) is 0 Å². The zero-order chi connectivity index (χ0) is 33.9. The molecule has 10 aromatic rings. The molecular formula is C52H30. The van der Waals surface area contributed by atoms with Gasteiger partial charge in [0.25, 0.3) is 0 Å². The average Bonchev–Trinajstić information content (AvgIpc) is 3.71. The van der Waals surface area contributed by atoms with E-state index in [0.29, 0.717) is 0 Å². The summed E-state index contributed by atoms with van der Waals surface area (Å²) in [5.74, 6) is 0. The predicted octanol–water partition coefficient (Wildman–Crippen LogP) is 14.6. The van der Waals surface area contributed by atoms with Gasteiger partial charge in [0.2, 0.25) is 0 Å². The van der Waals surface area contributed by atoms with Crippen molar-refractivity contribution >= 4 is 43.1 Å². The second-order valence-electron chi connectivity index (χ2n) is 14.3. The number of hydrogen-bond acceptors (Lipinski definition) is 0. The van der Waals surface area contributed by atoms with Crippen molar-refractivity contribution in [2.45, 2.75) is 0 Å². The first kappa shape index (κ1) is 28.0. The van der Waals surface area contributed by atoms with Gasteiger partial charge >= 0.3 is 0 Å². The molecule has 2 aliphatic rings. The molecule has 0 aromatic heterocycles. The Balaban J connectivity index is 1.16. The largest absolute Gasteiger partial charge is 0.0622 e. The molecule has 0 aliphatic heterocycles. The molecule has 0 nitrogen and oxygen atoms in total. The van der Waals surface area contributed by atoms with Crippen LogP contribution in [0.3, 0.4) is 0 Å². The van der Waals surface area contributed by atoms with Gasteiger partial charge in [0.1, 0.15) is 0 Å². The van der Waals surface area contributed by atoms with Gasteiger partial charge in [-0.25, -0.2) is 0 Å². The first-order chi connectivity index (χ1) is 25.8. The van der Waals surface area contributed by atoms with E-state index in [1.54, 1.807) is 0 Å². The standard InChI is InChI=1S/C52H30/c1-3-13-31(14-4-1)48-40-19-9-10-20-41(40)49(32-15-5-2-6-16-32)52-44-24-12-23-42-45-29-33(25-26-37(45)46(51(42)44)30-47(48)52)34-27-28-43-36-18-8-7-17-35(36)39-22-11-21-38(34)50(39)43/h1-30H. The van der Waals surface area contributed by atoms with Gasteiger partial charge in [0, 0.05) is 0 Å². The highest BCUT2D eigenvalue weighted by Crippen LogP contribution is 2.55. The smallest absolute Gasteiger partial charge is 0.00134 e. The van der Waals surface area contributed by atoms with Crippen LogP contribution in [0.5, 0.6) is 0 Å². The molecule has 0 bridgehead atoms. The Kier molecular flexibility index (Phi) is 5.59. The Morgan fingerprint density at radius 1 is 0.192 bits per heavy atom. The highest BCUT2D eigenvalue weighted by Gasteiger charge is 2.28. The number of fused-ring (bicyclic) bond motifs is 9. The van der Waals surface area contributed by atoms with E-state index >= 15 is 0 Å². The average molecular weight is 655 g/mol. The monoisotopic (exact) mass is 654 g/mol. The summed E-state index contributed by atoms with van der Waals surface area (Å²) in [7, 11) is 0. The molecule has 0 N–H and O–H groups in total. The van der Waals surface area contributed by atoms with Crippen molar-refractivity contribution in [2.75, 3.05) is 0 Å². The van der Waals surface area contributed by atoms with Gasteiger partial charge in [0.05, 0.1) is 0 Å². The lowest BCUT2D eigenvalue weighted by atomic mass is 9.83. The third kappa shape index (κ3) is 3.66. The minimum absolute atomic E-state index is 1.24. The molecule has 238 valence electrons. The summed E-state index contributed by atoms with van der Waals surface area (Å²) in [5.41, 5.74) is 18.2. The zero-order valence-electron chi connectivity index (χ0n) is 28.3. The van der Waals surface area contributed by atoms with Gasteiger partial charge in [-0.05, 0) is 133 Å². The topological polar surface area (TPSA) is 0 Å². The van der Waals surface area contributed by atoms with E-state index in [2.05, 4.69) is 182 Å². The Labute approximate surface area is 301 Å². The normalized spacial score (nSPS) is 12.2. The lowest BCUT2D eigenvalue weighted by Gasteiger charge is -2.20. The molecule has 0 atom stereocenters. The maximum absolute atomic E-state index is 2.50. The van der Waals surface area contributed by atoms with Crippen molar-refractivity contribution in [2.24, 2.45) is 0 Å². The molecule has 0 saturated heterocycles. The molecule has 0 amide bonds. The first-order valence-electron chi connectivity index (χ1n) is 18.2. The second kappa shape index (κ2) is 10.4. The van der Waals surface area contributed by atoms with Gasteiger partial charge in [-0.2, -0.15) is 0 Å². The van der Waals surface area contributed by atoms with Crippen LogP contribution in [0, 0.1) is 0 Å². The summed E-state index contributed by atoms with van der Waals surface area (Å²) in [4.78, 5) is 0. The summed E-state index contributed by atoms with van der Waals surface area (Å²) in [6, 6.07) is 67.9. The number of rotatable bonds is 3. The quantitative estimate of drug-likeness (QED) is 0.131. The molecule has 52 heavy (non-hydrogen) atoms. The minimum atomic E-state index is 1.24. The van der Waals surface area contributed by atoms with Crippen LogP contribution in [0.15, 0.2) is 182 Å². The van der Waals surface area contributed by atoms with Crippen molar-refractivity contribution < 1.29 is 0 Å². The molecule has 0 heterocycles. The highest BCUT2D eigenvalue weighted by molar-refractivity contribution is 6.33. The third-order valence-electron chi connectivity index (χ3n) is 11.7. The highest BCUT2D eigenvalue weighted by atomic mass is 14.3. The van der Waals surface area contributed by atoms with Crippen LogP contribution in [-0.2, 0) is 0 Å². The van der Waals surface area contributed by atoms with Crippen molar-refractivity contribution in [3.05, 3.63) is 182 Å². The summed E-state index contributed by atoms with van der Waals surface area (Å²) in [6.45, 7) is 0. The fourth-order valence-corrected chi connectivity index (χ4v) is 9.64. The Hall–Kier alpha value is -6.76. The minimum Gasteiger partial charge on any atom is -0.0622 e. The maximum atomic E-state index is 2.50. The van der Waals surface area contributed by atoms with Crippen molar-refractivity contribution in [1.29, 1.82) is 0 Å². The maximum Gasteiger partial charge on any atom is -0.00134 e. The molecule has 0 spiro atoms. The summed E-state index contributed by atoms with van der Waals surface area (Å²) in [5, 5.41) is 10.5. The molecule has 0 unspecified atom stereocenters. The fraction of sp³-hybridized carbons (Fsp3) is 0. The van der Waals surface area contributed by atoms with Gasteiger partial charge < -0.3 is 0 Å². The number of benzene rings is 10. The fourth-order valence-electron chi connectivity index (χ4n) is 9.64. The molecule has 2 aliphatic carbocycles. The second-order valence-corrected chi connectivity index (χ2v) is 14.3. The van der Waals surface area contributed by atoms with Crippen molar-refractivity contribution in [3.63, 3.8) is 0 Å². The van der Waals surface area contributed by atoms with E-state index < -0.39 is 0 Å². The van der Waals surface area contributed by atoms with Gasteiger partial charge in [0.15, 0.2) is 0 Å². The van der Waals surface area contributed by atoms with Crippen LogP contribution in [0.4, 0.5) is 0 Å². The van der Waals surface area contributed by atoms with Crippen LogP contribution in [-0.4, -0.2) is 0 Å². The van der Waals surface area contributed by atoms with Gasteiger partial charge in [-0.1, -0.05) is 170 Å². The van der Waals surface area contributed by atoms with Crippen LogP contribution in [0.25, 0.3) is 121 Å².